The van der Waals surface area contributed by atoms with Gasteiger partial charge in [0.25, 0.3) is 0 Å². The summed E-state index contributed by atoms with van der Waals surface area (Å²) >= 11 is 0. The summed E-state index contributed by atoms with van der Waals surface area (Å²) in [5.41, 5.74) is 8.63. The Balaban J connectivity index is 1.90. The first kappa shape index (κ1) is 14.6. The molecule has 3 aromatic rings. The molecule has 0 radical (unpaired) electrons. The maximum atomic E-state index is 5.64. The molecule has 4 heteroatoms. The molecule has 2 heterocycles. The summed E-state index contributed by atoms with van der Waals surface area (Å²) < 4.78 is 11.2. The monoisotopic (exact) mass is 332 g/mol. The molecule has 1 aliphatic carbocycles. The first-order valence-electron chi connectivity index (χ1n) is 8.74. The lowest BCUT2D eigenvalue weighted by Crippen LogP contribution is -2.18. The Bertz CT molecular complexity index is 1010. The summed E-state index contributed by atoms with van der Waals surface area (Å²) in [5, 5.41) is 4.70. The number of fused-ring (bicyclic) bond motifs is 4. The van der Waals surface area contributed by atoms with Gasteiger partial charge in [-0.25, -0.2) is 4.98 Å². The second-order valence-corrected chi connectivity index (χ2v) is 6.63. The second-order valence-electron chi connectivity index (χ2n) is 6.63. The minimum Gasteiger partial charge on any atom is -0.493 e. The van der Waals surface area contributed by atoms with Crippen LogP contribution in [0.3, 0.4) is 0 Å². The number of aromatic nitrogens is 1. The van der Waals surface area contributed by atoms with E-state index in [1.54, 1.807) is 14.2 Å². The lowest BCUT2D eigenvalue weighted by Gasteiger charge is -2.28. The SMILES string of the molecule is COc1cc2nc3c(c4c2c(c1OC)NCC4)CCc1ccccc1-3. The molecule has 0 unspecified atom stereocenters. The van der Waals surface area contributed by atoms with Crippen LogP contribution >= 0.6 is 0 Å². The molecule has 0 fully saturated rings. The predicted octanol–water partition coefficient (Wildman–Crippen LogP) is 3.99. The van der Waals surface area contributed by atoms with Gasteiger partial charge < -0.3 is 14.8 Å². The number of rotatable bonds is 2. The largest absolute Gasteiger partial charge is 0.493 e. The van der Waals surface area contributed by atoms with Crippen LogP contribution in [0, 0.1) is 0 Å². The summed E-state index contributed by atoms with van der Waals surface area (Å²) in [5.74, 6) is 1.50. The van der Waals surface area contributed by atoms with Crippen molar-refractivity contribution in [3.63, 3.8) is 0 Å². The van der Waals surface area contributed by atoms with Crippen LogP contribution in [-0.2, 0) is 19.3 Å². The number of hydrogen-bond donors (Lipinski definition) is 1. The number of benzene rings is 2. The summed E-state index contributed by atoms with van der Waals surface area (Å²) in [6.45, 7) is 0.906. The minimum absolute atomic E-state index is 0.724. The molecule has 0 amide bonds. The van der Waals surface area contributed by atoms with Crippen LogP contribution in [0.1, 0.15) is 16.7 Å². The first-order valence-corrected chi connectivity index (χ1v) is 8.74. The Kier molecular flexibility index (Phi) is 3.14. The smallest absolute Gasteiger partial charge is 0.184 e. The molecule has 0 saturated carbocycles. The Morgan fingerprint density at radius 3 is 2.72 bits per heavy atom. The fraction of sp³-hybridized carbons (Fsp3) is 0.286. The van der Waals surface area contributed by atoms with Crippen molar-refractivity contribution in [2.24, 2.45) is 0 Å². The topological polar surface area (TPSA) is 43.4 Å². The molecule has 1 aliphatic heterocycles. The van der Waals surface area contributed by atoms with Crippen LogP contribution in [0.2, 0.25) is 0 Å². The fourth-order valence-electron chi connectivity index (χ4n) is 4.33. The minimum atomic E-state index is 0.724. The van der Waals surface area contributed by atoms with Crippen LogP contribution < -0.4 is 14.8 Å². The standard InChI is InChI=1S/C21H20N2O2/c1-24-17-11-16-18-14(9-10-22-20(18)21(17)25-2)15-8-7-12-5-3-4-6-13(12)19(15)23-16/h3-6,11,22H,7-10H2,1-2H3. The van der Waals surface area contributed by atoms with E-state index >= 15 is 0 Å². The highest BCUT2D eigenvalue weighted by Crippen LogP contribution is 2.47. The number of methoxy groups -OCH3 is 2. The lowest BCUT2D eigenvalue weighted by molar-refractivity contribution is 0.357. The van der Waals surface area contributed by atoms with Crippen LogP contribution in [0.4, 0.5) is 5.69 Å². The van der Waals surface area contributed by atoms with Gasteiger partial charge in [0.1, 0.15) is 0 Å². The van der Waals surface area contributed by atoms with Crippen LogP contribution in [0.15, 0.2) is 30.3 Å². The number of anilines is 1. The zero-order valence-electron chi connectivity index (χ0n) is 14.5. The molecule has 1 N–H and O–H groups in total. The molecule has 0 spiro atoms. The van der Waals surface area contributed by atoms with Gasteiger partial charge in [-0.3, -0.25) is 0 Å². The first-order chi connectivity index (χ1) is 12.3. The number of pyridine rings is 1. The highest BCUT2D eigenvalue weighted by Gasteiger charge is 2.27. The molecule has 25 heavy (non-hydrogen) atoms. The zero-order chi connectivity index (χ0) is 17.0. The third-order valence-corrected chi connectivity index (χ3v) is 5.43. The molecule has 126 valence electrons. The van der Waals surface area contributed by atoms with E-state index in [9.17, 15) is 0 Å². The average molecular weight is 332 g/mol. The summed E-state index contributed by atoms with van der Waals surface area (Å²) in [4.78, 5) is 5.07. The second kappa shape index (κ2) is 5.38. The molecule has 2 aromatic carbocycles. The van der Waals surface area contributed by atoms with Crippen molar-refractivity contribution in [1.82, 2.24) is 4.98 Å². The third-order valence-electron chi connectivity index (χ3n) is 5.43. The Morgan fingerprint density at radius 1 is 1.00 bits per heavy atom. The zero-order valence-corrected chi connectivity index (χ0v) is 14.5. The number of hydrogen-bond acceptors (Lipinski definition) is 4. The third kappa shape index (κ3) is 1.97. The molecule has 1 aromatic heterocycles. The van der Waals surface area contributed by atoms with Gasteiger partial charge in [0.2, 0.25) is 0 Å². The van der Waals surface area contributed by atoms with E-state index in [1.165, 1.54) is 27.6 Å². The molecule has 2 aliphatic rings. The van der Waals surface area contributed by atoms with Gasteiger partial charge >= 0.3 is 0 Å². The van der Waals surface area contributed by atoms with E-state index in [2.05, 4.69) is 29.6 Å². The van der Waals surface area contributed by atoms with E-state index in [1.807, 2.05) is 6.07 Å². The predicted molar refractivity (Wildman–Crippen MR) is 99.9 cm³/mol. The van der Waals surface area contributed by atoms with Crippen molar-refractivity contribution in [2.45, 2.75) is 19.3 Å². The van der Waals surface area contributed by atoms with Gasteiger partial charge in [-0.05, 0) is 36.0 Å². The summed E-state index contributed by atoms with van der Waals surface area (Å²) in [6, 6.07) is 10.6. The summed E-state index contributed by atoms with van der Waals surface area (Å²) in [7, 11) is 3.37. The number of aryl methyl sites for hydroxylation is 1. The number of ether oxygens (including phenoxy) is 2. The van der Waals surface area contributed by atoms with Crippen molar-refractivity contribution >= 4 is 16.6 Å². The lowest BCUT2D eigenvalue weighted by atomic mass is 9.83. The molecule has 5 rings (SSSR count). The van der Waals surface area contributed by atoms with E-state index in [0.29, 0.717) is 0 Å². The molecule has 0 atom stereocenters. The highest BCUT2D eigenvalue weighted by molar-refractivity contribution is 6.02. The van der Waals surface area contributed by atoms with Crippen molar-refractivity contribution in [3.8, 4) is 22.8 Å². The Morgan fingerprint density at radius 2 is 1.88 bits per heavy atom. The van der Waals surface area contributed by atoms with E-state index < -0.39 is 0 Å². The molecule has 0 saturated heterocycles. The maximum absolute atomic E-state index is 5.64. The van der Waals surface area contributed by atoms with E-state index in [-0.39, 0.29) is 0 Å². The van der Waals surface area contributed by atoms with Gasteiger partial charge in [0.05, 0.1) is 31.1 Å². The number of nitrogens with zero attached hydrogens (tertiary/aromatic N) is 1. The van der Waals surface area contributed by atoms with Crippen LogP contribution in [0.25, 0.3) is 22.2 Å². The Hall–Kier alpha value is -2.75. The number of nitrogens with one attached hydrogen (secondary N) is 1. The van der Waals surface area contributed by atoms with Gasteiger partial charge in [-0.2, -0.15) is 0 Å². The van der Waals surface area contributed by atoms with Crippen molar-refractivity contribution in [3.05, 3.63) is 47.0 Å². The van der Waals surface area contributed by atoms with Gasteiger partial charge in [0, 0.05) is 23.6 Å². The fourth-order valence-corrected chi connectivity index (χ4v) is 4.33. The van der Waals surface area contributed by atoms with E-state index in [4.69, 9.17) is 14.5 Å². The normalized spacial score (nSPS) is 14.5. The molecule has 0 bridgehead atoms. The highest BCUT2D eigenvalue weighted by atomic mass is 16.5. The molecular weight excluding hydrogens is 312 g/mol. The van der Waals surface area contributed by atoms with Crippen molar-refractivity contribution < 1.29 is 9.47 Å². The van der Waals surface area contributed by atoms with Crippen LogP contribution in [-0.4, -0.2) is 25.7 Å². The van der Waals surface area contributed by atoms with Gasteiger partial charge in [-0.15, -0.1) is 0 Å². The average Bonchev–Trinajstić information content (AvgIpc) is 2.67. The van der Waals surface area contributed by atoms with Crippen LogP contribution in [0.5, 0.6) is 11.5 Å². The van der Waals surface area contributed by atoms with Crippen molar-refractivity contribution in [1.29, 1.82) is 0 Å². The Labute approximate surface area is 146 Å². The van der Waals surface area contributed by atoms with Crippen molar-refractivity contribution in [2.75, 3.05) is 26.1 Å². The molecular formula is C21H20N2O2. The quantitative estimate of drug-likeness (QED) is 0.771. The van der Waals surface area contributed by atoms with E-state index in [0.717, 1.165) is 54.2 Å². The van der Waals surface area contributed by atoms with Gasteiger partial charge in [-0.1, -0.05) is 24.3 Å². The maximum Gasteiger partial charge on any atom is 0.184 e. The summed E-state index contributed by atoms with van der Waals surface area (Å²) in [6.07, 6.45) is 3.16. The molecule has 4 nitrogen and oxygen atoms in total. The van der Waals surface area contributed by atoms with Gasteiger partial charge in [0.15, 0.2) is 11.5 Å².